The molecule has 37 heavy (non-hydrogen) atoms. The van der Waals surface area contributed by atoms with Gasteiger partial charge in [0.1, 0.15) is 5.82 Å². The van der Waals surface area contributed by atoms with Gasteiger partial charge in [0.15, 0.2) is 0 Å². The molecule has 0 unspecified atom stereocenters. The van der Waals surface area contributed by atoms with Crippen LogP contribution in [0.5, 0.6) is 0 Å². The van der Waals surface area contributed by atoms with Crippen molar-refractivity contribution in [2.75, 3.05) is 23.7 Å². The zero-order valence-corrected chi connectivity index (χ0v) is 23.4. The fraction of sp³-hybridized carbons (Fsp3) is 0.581. The van der Waals surface area contributed by atoms with Crippen molar-refractivity contribution in [3.63, 3.8) is 0 Å². The molecule has 0 spiro atoms. The van der Waals surface area contributed by atoms with Crippen molar-refractivity contribution < 1.29 is 4.79 Å². The molecule has 3 fully saturated rings. The summed E-state index contributed by atoms with van der Waals surface area (Å²) in [5.74, 6) is 3.63. The molecule has 0 aliphatic heterocycles. The maximum absolute atomic E-state index is 11.9. The van der Waals surface area contributed by atoms with Crippen LogP contribution in [0.2, 0.25) is 0 Å². The maximum Gasteiger partial charge on any atom is 0.229 e. The number of benzene rings is 1. The van der Waals surface area contributed by atoms with Gasteiger partial charge in [-0.1, -0.05) is 65.2 Å². The Morgan fingerprint density at radius 3 is 2.41 bits per heavy atom. The number of hydrogen-bond donors (Lipinski definition) is 3. The number of aromatic nitrogens is 2. The first-order chi connectivity index (χ1) is 18.1. The smallest absolute Gasteiger partial charge is 0.229 e. The normalized spacial score (nSPS) is 16.9. The van der Waals surface area contributed by atoms with E-state index in [0.717, 1.165) is 53.7 Å². The minimum absolute atomic E-state index is 0.213. The second-order valence-electron chi connectivity index (χ2n) is 10.1. The number of carbonyl (C=O) groups is 1. The summed E-state index contributed by atoms with van der Waals surface area (Å²) in [6.07, 6.45) is 15.0. The quantitative estimate of drug-likeness (QED) is 0.353. The Kier molecular flexibility index (Phi) is 11.4. The average molecular weight is 506 g/mol. The molecule has 202 valence electrons. The van der Waals surface area contributed by atoms with Crippen molar-refractivity contribution >= 4 is 36.0 Å². The van der Waals surface area contributed by atoms with E-state index in [-0.39, 0.29) is 11.8 Å². The molecule has 0 radical (unpaired) electrons. The lowest BCUT2D eigenvalue weighted by molar-refractivity contribution is -0.127. The van der Waals surface area contributed by atoms with E-state index in [1.807, 2.05) is 51.2 Å². The largest absolute Gasteiger partial charge is 0.370 e. The third-order valence-electron chi connectivity index (χ3n) is 7.24. The Morgan fingerprint density at radius 2 is 1.86 bits per heavy atom. The standard InChI is InChI=1S/C24H31N5O.C5H10.C2H6/c1-3-17-10-11-20(14-16(17)2)28-24-27-15-21(18-8-9-18)22(29-24)25-12-5-13-26-23(30)19-6-4-7-19;1-2-5-3-4-5;1-2/h3,10-11,14-15,18-19H,2,4-9,12-13H2,1H3,(H,26,30)(H2,25,27,28,29);5H,2-4H2,1H3;1-2H3/b17-3-;;. The predicted molar refractivity (Wildman–Crippen MR) is 156 cm³/mol. The van der Waals surface area contributed by atoms with Crippen LogP contribution in [0.1, 0.15) is 97.0 Å². The van der Waals surface area contributed by atoms with Crippen LogP contribution in [0.3, 0.4) is 0 Å². The summed E-state index contributed by atoms with van der Waals surface area (Å²) < 4.78 is 0. The third kappa shape index (κ3) is 9.17. The summed E-state index contributed by atoms with van der Waals surface area (Å²) in [6.45, 7) is 13.8. The minimum atomic E-state index is 0.213. The Hall–Kier alpha value is -2.89. The summed E-state index contributed by atoms with van der Waals surface area (Å²) in [5.41, 5.74) is 2.11. The van der Waals surface area contributed by atoms with Crippen molar-refractivity contribution in [3.05, 3.63) is 40.4 Å². The van der Waals surface area contributed by atoms with E-state index in [1.54, 1.807) is 0 Å². The summed E-state index contributed by atoms with van der Waals surface area (Å²) in [7, 11) is 0. The number of nitrogens with zero attached hydrogens (tertiary/aromatic N) is 2. The van der Waals surface area contributed by atoms with E-state index in [1.165, 1.54) is 44.1 Å². The molecule has 3 N–H and O–H groups in total. The van der Waals surface area contributed by atoms with Crippen LogP contribution < -0.4 is 26.4 Å². The van der Waals surface area contributed by atoms with Crippen LogP contribution in [0, 0.1) is 11.8 Å². The molecule has 1 aromatic heterocycles. The van der Waals surface area contributed by atoms with Crippen molar-refractivity contribution in [3.8, 4) is 0 Å². The van der Waals surface area contributed by atoms with Gasteiger partial charge in [0, 0.05) is 36.5 Å². The van der Waals surface area contributed by atoms with E-state index < -0.39 is 0 Å². The summed E-state index contributed by atoms with van der Waals surface area (Å²) in [6, 6.07) is 6.06. The van der Waals surface area contributed by atoms with Gasteiger partial charge < -0.3 is 16.0 Å². The topological polar surface area (TPSA) is 78.9 Å². The van der Waals surface area contributed by atoms with Gasteiger partial charge >= 0.3 is 0 Å². The molecule has 3 saturated carbocycles. The highest BCUT2D eigenvalue weighted by molar-refractivity contribution is 5.79. The molecule has 0 bridgehead atoms. The van der Waals surface area contributed by atoms with Gasteiger partial charge in [-0.15, -0.1) is 0 Å². The molecule has 1 amide bonds. The van der Waals surface area contributed by atoms with Gasteiger partial charge in [-0.2, -0.15) is 4.98 Å². The highest BCUT2D eigenvalue weighted by Gasteiger charge is 2.28. The molecule has 6 nitrogen and oxygen atoms in total. The SMILES string of the molecule is C=c1cc(Nc2ncc(C3CC3)c(NCCCNC(=O)C3CCC3)n2)cc/c1=C/C.CC.CCC1CC1. The molecule has 2 aromatic rings. The molecule has 1 aromatic carbocycles. The van der Waals surface area contributed by atoms with Gasteiger partial charge in [0.2, 0.25) is 11.9 Å². The van der Waals surface area contributed by atoms with Crippen LogP contribution in [0.25, 0.3) is 12.7 Å². The fourth-order valence-electron chi connectivity index (χ4n) is 4.23. The first kappa shape index (κ1) is 28.7. The first-order valence-corrected chi connectivity index (χ1v) is 14.5. The molecule has 1 heterocycles. The van der Waals surface area contributed by atoms with Gasteiger partial charge in [-0.05, 0) is 73.4 Å². The number of rotatable bonds is 10. The molecule has 5 rings (SSSR count). The zero-order chi connectivity index (χ0) is 26.6. The molecular formula is C31H47N5O. The van der Waals surface area contributed by atoms with Gasteiger partial charge in [-0.3, -0.25) is 4.79 Å². The van der Waals surface area contributed by atoms with Crippen LogP contribution in [0.15, 0.2) is 24.4 Å². The number of anilines is 3. The highest BCUT2D eigenvalue weighted by atomic mass is 16.1. The Labute approximate surface area is 223 Å². The van der Waals surface area contributed by atoms with Crippen molar-refractivity contribution in [1.29, 1.82) is 0 Å². The zero-order valence-electron chi connectivity index (χ0n) is 23.4. The lowest BCUT2D eigenvalue weighted by Gasteiger charge is -2.24. The highest BCUT2D eigenvalue weighted by Crippen LogP contribution is 2.42. The molecular weight excluding hydrogens is 458 g/mol. The second-order valence-corrected chi connectivity index (χ2v) is 10.1. The lowest BCUT2D eigenvalue weighted by Crippen LogP contribution is -2.35. The molecule has 3 aliphatic rings. The third-order valence-corrected chi connectivity index (χ3v) is 7.24. The molecule has 6 heteroatoms. The predicted octanol–water partition coefficient (Wildman–Crippen LogP) is 5.86. The fourth-order valence-corrected chi connectivity index (χ4v) is 4.23. The van der Waals surface area contributed by atoms with Crippen LogP contribution in [-0.2, 0) is 4.79 Å². The summed E-state index contributed by atoms with van der Waals surface area (Å²) in [5, 5.41) is 11.9. The number of hydrogen-bond acceptors (Lipinski definition) is 5. The Balaban J connectivity index is 0.000000478. The van der Waals surface area contributed by atoms with Crippen molar-refractivity contribution in [2.24, 2.45) is 11.8 Å². The van der Waals surface area contributed by atoms with Crippen molar-refractivity contribution in [2.45, 2.75) is 91.4 Å². The Morgan fingerprint density at radius 1 is 1.11 bits per heavy atom. The lowest BCUT2D eigenvalue weighted by atomic mass is 9.85. The average Bonchev–Trinajstić information content (AvgIpc) is 3.79. The number of nitrogens with one attached hydrogen (secondary N) is 3. The van der Waals surface area contributed by atoms with E-state index in [0.29, 0.717) is 18.4 Å². The minimum Gasteiger partial charge on any atom is -0.370 e. The summed E-state index contributed by atoms with van der Waals surface area (Å²) >= 11 is 0. The van der Waals surface area contributed by atoms with Gasteiger partial charge in [-0.25, -0.2) is 4.98 Å². The maximum atomic E-state index is 11.9. The number of carbonyl (C=O) groups excluding carboxylic acids is 1. The van der Waals surface area contributed by atoms with Crippen LogP contribution in [-0.4, -0.2) is 29.0 Å². The van der Waals surface area contributed by atoms with E-state index in [9.17, 15) is 4.79 Å². The van der Waals surface area contributed by atoms with Gasteiger partial charge in [0.25, 0.3) is 0 Å². The molecule has 0 atom stereocenters. The number of amides is 1. The second kappa shape index (κ2) is 14.7. The summed E-state index contributed by atoms with van der Waals surface area (Å²) in [4.78, 5) is 21.2. The van der Waals surface area contributed by atoms with E-state index in [4.69, 9.17) is 4.98 Å². The first-order valence-electron chi connectivity index (χ1n) is 14.5. The Bertz CT molecular complexity index is 1100. The van der Waals surface area contributed by atoms with Crippen molar-refractivity contribution in [1.82, 2.24) is 15.3 Å². The monoisotopic (exact) mass is 505 g/mol. The van der Waals surface area contributed by atoms with Crippen LogP contribution in [0.4, 0.5) is 17.5 Å². The molecule has 0 saturated heterocycles. The van der Waals surface area contributed by atoms with E-state index >= 15 is 0 Å². The van der Waals surface area contributed by atoms with E-state index in [2.05, 4.69) is 34.4 Å². The van der Waals surface area contributed by atoms with Gasteiger partial charge in [0.05, 0.1) is 0 Å². The van der Waals surface area contributed by atoms with Crippen LogP contribution >= 0.6 is 0 Å². The molecule has 3 aliphatic carbocycles.